The van der Waals surface area contributed by atoms with E-state index in [1.165, 1.54) is 0 Å². The van der Waals surface area contributed by atoms with Crippen molar-refractivity contribution in [1.29, 1.82) is 0 Å². The highest BCUT2D eigenvalue weighted by atomic mass is 16.2. The fourth-order valence-corrected chi connectivity index (χ4v) is 3.32. The second-order valence-corrected chi connectivity index (χ2v) is 7.65. The van der Waals surface area contributed by atoms with Crippen LogP contribution in [-0.2, 0) is 0 Å². The van der Waals surface area contributed by atoms with Gasteiger partial charge in [0.05, 0.1) is 5.69 Å². The summed E-state index contributed by atoms with van der Waals surface area (Å²) in [4.78, 5) is 17.5. The van der Waals surface area contributed by atoms with E-state index in [0.29, 0.717) is 11.5 Å². The van der Waals surface area contributed by atoms with E-state index in [1.54, 1.807) is 4.68 Å². The molecule has 3 aromatic carbocycles. The monoisotopic (exact) mass is 396 g/mol. The van der Waals surface area contributed by atoms with Crippen LogP contribution in [0.4, 0.5) is 5.69 Å². The number of aryl methyl sites for hydroxylation is 4. The van der Waals surface area contributed by atoms with Gasteiger partial charge >= 0.3 is 0 Å². The molecule has 0 spiro atoms. The summed E-state index contributed by atoms with van der Waals surface area (Å²) in [6.07, 6.45) is 0. The molecule has 0 unspecified atom stereocenters. The molecule has 0 bridgehead atoms. The molecule has 0 aliphatic carbocycles. The van der Waals surface area contributed by atoms with Gasteiger partial charge in [0, 0.05) is 11.3 Å². The van der Waals surface area contributed by atoms with Gasteiger partial charge in [-0.05, 0) is 63.1 Å². The van der Waals surface area contributed by atoms with Gasteiger partial charge in [0.1, 0.15) is 0 Å². The van der Waals surface area contributed by atoms with Crippen LogP contribution < -0.4 is 5.32 Å². The molecule has 4 aromatic rings. The summed E-state index contributed by atoms with van der Waals surface area (Å²) < 4.78 is 1.77. The van der Waals surface area contributed by atoms with Gasteiger partial charge in [-0.1, -0.05) is 53.6 Å². The first kappa shape index (κ1) is 19.6. The molecule has 5 heteroatoms. The summed E-state index contributed by atoms with van der Waals surface area (Å²) >= 11 is 0. The minimum Gasteiger partial charge on any atom is -0.319 e. The summed E-state index contributed by atoms with van der Waals surface area (Å²) in [5.74, 6) is 0.436. The van der Waals surface area contributed by atoms with Crippen LogP contribution in [-0.4, -0.2) is 20.7 Å². The predicted octanol–water partition coefficient (Wildman–Crippen LogP) is 5.42. The molecule has 1 N–H and O–H groups in total. The lowest BCUT2D eigenvalue weighted by molar-refractivity contribution is 0.101. The molecular formula is C25H24N4O. The number of rotatable bonds is 4. The van der Waals surface area contributed by atoms with Crippen molar-refractivity contribution in [3.63, 3.8) is 0 Å². The van der Waals surface area contributed by atoms with E-state index >= 15 is 0 Å². The first-order chi connectivity index (χ1) is 14.4. The maximum atomic E-state index is 12.9. The van der Waals surface area contributed by atoms with Gasteiger partial charge in [-0.15, -0.1) is 5.10 Å². The summed E-state index contributed by atoms with van der Waals surface area (Å²) in [5.41, 5.74) is 6.97. The van der Waals surface area contributed by atoms with E-state index in [0.717, 1.165) is 33.5 Å². The Hall–Kier alpha value is -3.73. The van der Waals surface area contributed by atoms with Crippen LogP contribution in [0, 0.1) is 27.7 Å². The largest absolute Gasteiger partial charge is 0.319 e. The van der Waals surface area contributed by atoms with Gasteiger partial charge in [-0.3, -0.25) is 4.79 Å². The summed E-state index contributed by atoms with van der Waals surface area (Å²) in [5, 5.41) is 7.48. The van der Waals surface area contributed by atoms with Crippen molar-refractivity contribution >= 4 is 11.6 Å². The maximum absolute atomic E-state index is 12.9. The van der Waals surface area contributed by atoms with Gasteiger partial charge < -0.3 is 5.32 Å². The second kappa shape index (κ2) is 7.95. The number of hydrogen-bond donors (Lipinski definition) is 1. The molecule has 1 amide bonds. The number of carbonyl (C=O) groups is 1. The molecule has 30 heavy (non-hydrogen) atoms. The second-order valence-electron chi connectivity index (χ2n) is 7.65. The van der Waals surface area contributed by atoms with Gasteiger partial charge in [0.15, 0.2) is 5.82 Å². The van der Waals surface area contributed by atoms with Crippen LogP contribution in [0.15, 0.2) is 66.7 Å². The third-order valence-corrected chi connectivity index (χ3v) is 4.99. The maximum Gasteiger partial charge on any atom is 0.295 e. The summed E-state index contributed by atoms with van der Waals surface area (Å²) in [6, 6.07) is 21.9. The normalized spacial score (nSPS) is 10.8. The van der Waals surface area contributed by atoms with E-state index in [2.05, 4.69) is 33.6 Å². The van der Waals surface area contributed by atoms with Gasteiger partial charge in [-0.2, -0.15) is 0 Å². The number of amides is 1. The van der Waals surface area contributed by atoms with Crippen LogP contribution in [0.25, 0.3) is 17.1 Å². The van der Waals surface area contributed by atoms with E-state index < -0.39 is 0 Å². The van der Waals surface area contributed by atoms with E-state index in [9.17, 15) is 4.79 Å². The molecule has 0 aliphatic rings. The lowest BCUT2D eigenvalue weighted by Crippen LogP contribution is -2.14. The van der Waals surface area contributed by atoms with Crippen LogP contribution in [0.2, 0.25) is 0 Å². The molecule has 1 aromatic heterocycles. The van der Waals surface area contributed by atoms with Crippen molar-refractivity contribution in [3.8, 4) is 17.1 Å². The van der Waals surface area contributed by atoms with Crippen LogP contribution in [0.5, 0.6) is 0 Å². The topological polar surface area (TPSA) is 59.8 Å². The molecule has 5 nitrogen and oxygen atoms in total. The van der Waals surface area contributed by atoms with E-state index in [1.807, 2.05) is 76.2 Å². The summed E-state index contributed by atoms with van der Waals surface area (Å²) in [7, 11) is 0. The third kappa shape index (κ3) is 4.01. The Labute approximate surface area is 176 Å². The number of aromatic nitrogens is 3. The Morgan fingerprint density at radius 1 is 0.833 bits per heavy atom. The Balaban J connectivity index is 1.80. The fourth-order valence-electron chi connectivity index (χ4n) is 3.32. The molecule has 150 valence electrons. The number of nitrogens with zero attached hydrogens (tertiary/aromatic N) is 3. The standard InChI is InChI=1S/C25H24N4O/c1-16-9-12-21(13-10-16)26-25(30)23-27-24(20-7-5-6-17(2)14-20)29(28-23)22-15-18(3)8-11-19(22)4/h5-15H,1-4H3,(H,26,30). The molecule has 4 rings (SSSR count). The highest BCUT2D eigenvalue weighted by molar-refractivity contribution is 6.01. The van der Waals surface area contributed by atoms with Crippen molar-refractivity contribution in [2.24, 2.45) is 0 Å². The first-order valence-corrected chi connectivity index (χ1v) is 9.90. The van der Waals surface area contributed by atoms with Crippen LogP contribution >= 0.6 is 0 Å². The van der Waals surface area contributed by atoms with Crippen molar-refractivity contribution in [2.75, 3.05) is 5.32 Å². The molecular weight excluding hydrogens is 372 g/mol. The average Bonchev–Trinajstić information content (AvgIpc) is 3.17. The Morgan fingerprint density at radius 3 is 2.27 bits per heavy atom. The Kier molecular flexibility index (Phi) is 5.19. The van der Waals surface area contributed by atoms with Crippen molar-refractivity contribution < 1.29 is 4.79 Å². The minimum atomic E-state index is -0.336. The molecule has 0 fully saturated rings. The average molecular weight is 396 g/mol. The van der Waals surface area contributed by atoms with Crippen molar-refractivity contribution in [1.82, 2.24) is 14.8 Å². The highest BCUT2D eigenvalue weighted by Crippen LogP contribution is 2.25. The van der Waals surface area contributed by atoms with Crippen molar-refractivity contribution in [3.05, 3.63) is 94.8 Å². The zero-order valence-electron chi connectivity index (χ0n) is 17.6. The zero-order chi connectivity index (χ0) is 21.3. The number of nitrogens with one attached hydrogen (secondary N) is 1. The van der Waals surface area contributed by atoms with Crippen LogP contribution in [0.1, 0.15) is 32.9 Å². The first-order valence-electron chi connectivity index (χ1n) is 9.90. The lowest BCUT2D eigenvalue weighted by Gasteiger charge is -2.10. The predicted molar refractivity (Wildman–Crippen MR) is 120 cm³/mol. The summed E-state index contributed by atoms with van der Waals surface area (Å²) in [6.45, 7) is 8.11. The van der Waals surface area contributed by atoms with Crippen LogP contribution in [0.3, 0.4) is 0 Å². The van der Waals surface area contributed by atoms with Gasteiger partial charge in [0.25, 0.3) is 5.91 Å². The smallest absolute Gasteiger partial charge is 0.295 e. The van der Waals surface area contributed by atoms with E-state index in [-0.39, 0.29) is 11.7 Å². The zero-order valence-corrected chi connectivity index (χ0v) is 17.6. The molecule has 0 atom stereocenters. The quantitative estimate of drug-likeness (QED) is 0.501. The minimum absolute atomic E-state index is 0.132. The lowest BCUT2D eigenvalue weighted by atomic mass is 10.1. The molecule has 1 heterocycles. The SMILES string of the molecule is Cc1ccc(NC(=O)c2nc(-c3cccc(C)c3)n(-c3cc(C)ccc3C)n2)cc1. The highest BCUT2D eigenvalue weighted by Gasteiger charge is 2.20. The molecule has 0 saturated heterocycles. The number of carbonyl (C=O) groups excluding carboxylic acids is 1. The van der Waals surface area contributed by atoms with Gasteiger partial charge in [0.2, 0.25) is 5.82 Å². The van der Waals surface area contributed by atoms with Crippen molar-refractivity contribution in [2.45, 2.75) is 27.7 Å². The number of hydrogen-bond acceptors (Lipinski definition) is 3. The molecule has 0 radical (unpaired) electrons. The third-order valence-electron chi connectivity index (χ3n) is 4.99. The fraction of sp³-hybridized carbons (Fsp3) is 0.160. The Bertz CT molecular complexity index is 1220. The molecule has 0 aliphatic heterocycles. The van der Waals surface area contributed by atoms with Gasteiger partial charge in [-0.25, -0.2) is 9.67 Å². The number of anilines is 1. The Morgan fingerprint density at radius 2 is 1.53 bits per heavy atom. The number of benzene rings is 3. The molecule has 0 saturated carbocycles. The van der Waals surface area contributed by atoms with E-state index in [4.69, 9.17) is 0 Å².